The molecule has 0 radical (unpaired) electrons. The number of ether oxygens (including phenoxy) is 2. The molecule has 0 spiro atoms. The fourth-order valence-electron chi connectivity index (χ4n) is 2.04. The Morgan fingerprint density at radius 1 is 1.19 bits per heavy atom. The van der Waals surface area contributed by atoms with Gasteiger partial charge in [-0.25, -0.2) is 9.59 Å². The molecule has 0 aliphatic rings. The molecule has 8 nitrogen and oxygen atoms in total. The molecule has 26 heavy (non-hydrogen) atoms. The second-order valence-corrected chi connectivity index (χ2v) is 6.83. The predicted octanol–water partition coefficient (Wildman–Crippen LogP) is 3.04. The number of methoxy groups -OCH3 is 1. The number of thiophene rings is 2. The number of anilines is 1. The lowest BCUT2D eigenvalue weighted by atomic mass is 10.1. The molecule has 0 aliphatic carbocycles. The summed E-state index contributed by atoms with van der Waals surface area (Å²) in [4.78, 5) is 48.8. The molecule has 2 aromatic rings. The molecule has 2 aromatic heterocycles. The van der Waals surface area contributed by atoms with Crippen LogP contribution in [0.5, 0.6) is 0 Å². The van der Waals surface area contributed by atoms with Crippen LogP contribution in [0.3, 0.4) is 0 Å². The van der Waals surface area contributed by atoms with Crippen molar-refractivity contribution < 1.29 is 28.7 Å². The first-order valence-electron chi connectivity index (χ1n) is 7.43. The molecule has 10 heteroatoms. The van der Waals surface area contributed by atoms with E-state index in [-0.39, 0.29) is 22.0 Å². The van der Waals surface area contributed by atoms with Gasteiger partial charge in [-0.05, 0) is 30.9 Å². The zero-order chi connectivity index (χ0) is 19.3. The van der Waals surface area contributed by atoms with Gasteiger partial charge in [-0.1, -0.05) is 6.07 Å². The van der Waals surface area contributed by atoms with Crippen LogP contribution in [0.4, 0.5) is 9.80 Å². The predicted molar refractivity (Wildman–Crippen MR) is 97.2 cm³/mol. The Balaban J connectivity index is 2.41. The number of hydrogen-bond acceptors (Lipinski definition) is 8. The summed E-state index contributed by atoms with van der Waals surface area (Å²) in [5, 5.41) is 6.52. The summed E-state index contributed by atoms with van der Waals surface area (Å²) in [6.45, 7) is 3.36. The van der Waals surface area contributed by atoms with Crippen molar-refractivity contribution in [3.8, 4) is 0 Å². The minimum Gasteiger partial charge on any atom is -0.462 e. The van der Waals surface area contributed by atoms with Crippen LogP contribution in [-0.2, 0) is 9.47 Å². The van der Waals surface area contributed by atoms with Crippen LogP contribution in [0, 0.1) is 6.92 Å². The monoisotopic (exact) mass is 396 g/mol. The Hall–Kier alpha value is -2.72. The normalized spacial score (nSPS) is 10.1. The zero-order valence-electron chi connectivity index (χ0n) is 14.2. The van der Waals surface area contributed by atoms with Crippen molar-refractivity contribution >= 4 is 51.6 Å². The first-order valence-corrected chi connectivity index (χ1v) is 9.13. The Morgan fingerprint density at radius 3 is 2.50 bits per heavy atom. The van der Waals surface area contributed by atoms with E-state index >= 15 is 0 Å². The van der Waals surface area contributed by atoms with Crippen LogP contribution in [-0.4, -0.2) is 37.6 Å². The van der Waals surface area contributed by atoms with Gasteiger partial charge >= 0.3 is 12.1 Å². The third kappa shape index (κ3) is 4.27. The van der Waals surface area contributed by atoms with Gasteiger partial charge in [-0.3, -0.25) is 14.9 Å². The minimum absolute atomic E-state index is 0.00774. The molecular weight excluding hydrogens is 380 g/mol. The molecule has 0 aromatic carbocycles. The lowest BCUT2D eigenvalue weighted by molar-refractivity contribution is 0.0531. The third-order valence-electron chi connectivity index (χ3n) is 3.21. The van der Waals surface area contributed by atoms with Crippen molar-refractivity contribution in [1.29, 1.82) is 0 Å². The number of carbonyl (C=O) groups excluding carboxylic acids is 4. The number of hydrogen-bond donors (Lipinski definition) is 2. The Morgan fingerprint density at radius 2 is 1.92 bits per heavy atom. The van der Waals surface area contributed by atoms with E-state index in [0.29, 0.717) is 10.4 Å². The Bertz CT molecular complexity index is 841. The van der Waals surface area contributed by atoms with Gasteiger partial charge in [0.25, 0.3) is 11.8 Å². The molecule has 0 aliphatic heterocycles. The van der Waals surface area contributed by atoms with E-state index < -0.39 is 23.9 Å². The molecule has 0 saturated heterocycles. The molecule has 2 rings (SSSR count). The van der Waals surface area contributed by atoms with Gasteiger partial charge in [0.2, 0.25) is 0 Å². The van der Waals surface area contributed by atoms with Gasteiger partial charge in [0, 0.05) is 0 Å². The topological polar surface area (TPSA) is 111 Å². The van der Waals surface area contributed by atoms with Crippen molar-refractivity contribution in [1.82, 2.24) is 5.32 Å². The molecule has 0 fully saturated rings. The second-order valence-electron chi connectivity index (χ2n) is 4.86. The molecular formula is C16H16N2O6S2. The van der Waals surface area contributed by atoms with Gasteiger partial charge in [0.1, 0.15) is 9.88 Å². The fraction of sp³-hybridized carbons (Fsp3) is 0.250. The molecule has 0 saturated carbocycles. The lowest BCUT2D eigenvalue weighted by Crippen LogP contribution is -2.31. The van der Waals surface area contributed by atoms with E-state index in [1.54, 1.807) is 24.4 Å². The van der Waals surface area contributed by atoms with Crippen LogP contribution in [0.25, 0.3) is 0 Å². The zero-order valence-corrected chi connectivity index (χ0v) is 15.8. The maximum Gasteiger partial charge on any atom is 0.413 e. The summed E-state index contributed by atoms with van der Waals surface area (Å²) in [7, 11) is 1.12. The fourth-order valence-corrected chi connectivity index (χ4v) is 3.76. The highest BCUT2D eigenvalue weighted by Crippen LogP contribution is 2.34. The van der Waals surface area contributed by atoms with E-state index in [0.717, 1.165) is 18.4 Å². The highest BCUT2D eigenvalue weighted by atomic mass is 32.1. The maximum atomic E-state index is 12.4. The quantitative estimate of drug-likeness (QED) is 0.752. The van der Waals surface area contributed by atoms with Crippen molar-refractivity contribution in [2.24, 2.45) is 0 Å². The SMILES string of the molecule is CCOC(=O)c1sc(NC(=O)c2cccs2)c(C(=O)NC(=O)OC)c1C. The van der Waals surface area contributed by atoms with Crippen LogP contribution in [0.15, 0.2) is 17.5 Å². The molecule has 2 heterocycles. The number of carbonyl (C=O) groups is 4. The summed E-state index contributed by atoms with van der Waals surface area (Å²) in [6.07, 6.45) is -0.950. The Kier molecular flexibility index (Phi) is 6.47. The average Bonchev–Trinajstić information content (AvgIpc) is 3.23. The molecule has 138 valence electrons. The second kappa shape index (κ2) is 8.59. The van der Waals surface area contributed by atoms with Crippen molar-refractivity contribution in [3.63, 3.8) is 0 Å². The van der Waals surface area contributed by atoms with E-state index in [9.17, 15) is 19.2 Å². The highest BCUT2D eigenvalue weighted by molar-refractivity contribution is 7.19. The lowest BCUT2D eigenvalue weighted by Gasteiger charge is -2.06. The van der Waals surface area contributed by atoms with Gasteiger partial charge < -0.3 is 14.8 Å². The highest BCUT2D eigenvalue weighted by Gasteiger charge is 2.27. The first-order chi connectivity index (χ1) is 12.4. The Labute approximate surface area is 157 Å². The summed E-state index contributed by atoms with van der Waals surface area (Å²) in [5.41, 5.74) is 0.310. The number of esters is 1. The van der Waals surface area contributed by atoms with Crippen LogP contribution < -0.4 is 10.6 Å². The average molecular weight is 396 g/mol. The minimum atomic E-state index is -0.950. The number of alkyl carbamates (subject to hydrolysis) is 1. The van der Waals surface area contributed by atoms with Gasteiger partial charge in [0.15, 0.2) is 0 Å². The van der Waals surface area contributed by atoms with E-state index in [1.807, 2.05) is 5.32 Å². The third-order valence-corrected chi connectivity index (χ3v) is 5.26. The number of amides is 3. The van der Waals surface area contributed by atoms with Crippen molar-refractivity contribution in [2.75, 3.05) is 19.0 Å². The number of nitrogens with one attached hydrogen (secondary N) is 2. The smallest absolute Gasteiger partial charge is 0.413 e. The molecule has 3 amide bonds. The van der Waals surface area contributed by atoms with Crippen LogP contribution >= 0.6 is 22.7 Å². The molecule has 2 N–H and O–H groups in total. The molecule has 0 unspecified atom stereocenters. The van der Waals surface area contributed by atoms with E-state index in [2.05, 4.69) is 10.1 Å². The summed E-state index contributed by atoms with van der Waals surface area (Å²) in [5.74, 6) is -1.83. The van der Waals surface area contributed by atoms with Crippen LogP contribution in [0.2, 0.25) is 0 Å². The number of imide groups is 1. The van der Waals surface area contributed by atoms with Crippen LogP contribution in [0.1, 0.15) is 42.2 Å². The van der Waals surface area contributed by atoms with Crippen molar-refractivity contribution in [3.05, 3.63) is 38.4 Å². The summed E-state index contributed by atoms with van der Waals surface area (Å²) < 4.78 is 9.38. The first kappa shape index (κ1) is 19.6. The van der Waals surface area contributed by atoms with E-state index in [1.165, 1.54) is 18.3 Å². The van der Waals surface area contributed by atoms with E-state index in [4.69, 9.17) is 4.74 Å². The van der Waals surface area contributed by atoms with Gasteiger partial charge in [-0.15, -0.1) is 22.7 Å². The summed E-state index contributed by atoms with van der Waals surface area (Å²) >= 11 is 2.14. The number of rotatable bonds is 5. The standard InChI is InChI=1S/C16H16N2O6S2/c1-4-24-15(21)11-8(2)10(13(20)18-16(22)23-3)14(26-11)17-12(19)9-6-5-7-25-9/h5-7H,4H2,1-3H3,(H,17,19)(H,18,20,22). The summed E-state index contributed by atoms with van der Waals surface area (Å²) in [6, 6.07) is 3.34. The van der Waals surface area contributed by atoms with Crippen molar-refractivity contribution in [2.45, 2.75) is 13.8 Å². The molecule has 0 atom stereocenters. The molecule has 0 bridgehead atoms. The van der Waals surface area contributed by atoms with Gasteiger partial charge in [-0.2, -0.15) is 0 Å². The maximum absolute atomic E-state index is 12.4. The largest absolute Gasteiger partial charge is 0.462 e. The van der Waals surface area contributed by atoms with Gasteiger partial charge in [0.05, 0.1) is 24.2 Å².